The summed E-state index contributed by atoms with van der Waals surface area (Å²) in [6, 6.07) is 0.00125. The fraction of sp³-hybridized carbons (Fsp3) is 0.875. The van der Waals surface area contributed by atoms with E-state index in [0.29, 0.717) is 12.6 Å². The fourth-order valence-corrected chi connectivity index (χ4v) is 1.21. The van der Waals surface area contributed by atoms with Crippen LogP contribution in [-0.4, -0.2) is 29.1 Å². The number of hydrogen-bond donors (Lipinski definition) is 2. The third-order valence-corrected chi connectivity index (χ3v) is 1.85. The number of carbonyl (C=O) groups is 1. The molecule has 70 valence electrons. The van der Waals surface area contributed by atoms with Crippen LogP contribution in [0.5, 0.6) is 0 Å². The lowest BCUT2D eigenvalue weighted by Crippen LogP contribution is -2.50. The number of nitrogens with two attached hydrogens (primary N) is 2. The van der Waals surface area contributed by atoms with Crippen molar-refractivity contribution < 1.29 is 4.79 Å². The Balaban J connectivity index is 2.49. The van der Waals surface area contributed by atoms with Gasteiger partial charge in [0.2, 0.25) is 0 Å². The molecule has 0 aromatic rings. The van der Waals surface area contributed by atoms with E-state index in [9.17, 15) is 4.79 Å². The van der Waals surface area contributed by atoms with Crippen LogP contribution in [0.3, 0.4) is 0 Å². The van der Waals surface area contributed by atoms with Crippen molar-refractivity contribution in [1.82, 2.24) is 4.90 Å². The first-order valence-electron chi connectivity index (χ1n) is 4.25. The van der Waals surface area contributed by atoms with Gasteiger partial charge in [0, 0.05) is 18.1 Å². The molecule has 0 saturated heterocycles. The third kappa shape index (κ3) is 2.70. The second kappa shape index (κ2) is 2.94. The van der Waals surface area contributed by atoms with E-state index in [2.05, 4.69) is 0 Å². The van der Waals surface area contributed by atoms with E-state index < -0.39 is 0 Å². The summed E-state index contributed by atoms with van der Waals surface area (Å²) in [6.07, 6.45) is 2.14. The Morgan fingerprint density at radius 1 is 1.58 bits per heavy atom. The number of rotatable bonds is 3. The second-order valence-corrected chi connectivity index (χ2v) is 4.19. The number of nitrogens with zero attached hydrogens (tertiary/aromatic N) is 1. The van der Waals surface area contributed by atoms with Gasteiger partial charge in [-0.1, -0.05) is 0 Å². The zero-order chi connectivity index (χ0) is 9.35. The zero-order valence-corrected chi connectivity index (χ0v) is 7.71. The molecular formula is C8H17N3O. The van der Waals surface area contributed by atoms with Gasteiger partial charge in [0.05, 0.1) is 0 Å². The van der Waals surface area contributed by atoms with Crippen molar-refractivity contribution in [2.75, 3.05) is 6.54 Å². The molecule has 0 unspecified atom stereocenters. The maximum absolute atomic E-state index is 11.0. The van der Waals surface area contributed by atoms with Gasteiger partial charge in [-0.25, -0.2) is 4.79 Å². The number of carbonyl (C=O) groups excluding carboxylic acids is 1. The molecular weight excluding hydrogens is 154 g/mol. The molecule has 0 atom stereocenters. The monoisotopic (exact) mass is 171 g/mol. The summed E-state index contributed by atoms with van der Waals surface area (Å²) in [5.74, 6) is 0. The molecule has 12 heavy (non-hydrogen) atoms. The predicted molar refractivity (Wildman–Crippen MR) is 47.6 cm³/mol. The largest absolute Gasteiger partial charge is 0.351 e. The summed E-state index contributed by atoms with van der Waals surface area (Å²) in [4.78, 5) is 12.6. The highest BCUT2D eigenvalue weighted by molar-refractivity contribution is 5.72. The zero-order valence-electron chi connectivity index (χ0n) is 7.71. The van der Waals surface area contributed by atoms with Crippen LogP contribution in [-0.2, 0) is 0 Å². The molecule has 1 fully saturated rings. The van der Waals surface area contributed by atoms with Crippen LogP contribution < -0.4 is 11.5 Å². The van der Waals surface area contributed by atoms with Crippen LogP contribution >= 0.6 is 0 Å². The Hall–Kier alpha value is -0.770. The molecule has 0 heterocycles. The molecule has 0 aromatic carbocycles. The number of amides is 2. The molecule has 1 aliphatic rings. The number of urea groups is 1. The van der Waals surface area contributed by atoms with E-state index in [1.54, 1.807) is 4.90 Å². The van der Waals surface area contributed by atoms with Gasteiger partial charge in [0.15, 0.2) is 0 Å². The highest BCUT2D eigenvalue weighted by Gasteiger charge is 2.33. The normalized spacial score (nSPS) is 17.6. The molecule has 0 spiro atoms. The first-order valence-corrected chi connectivity index (χ1v) is 4.25. The molecule has 0 aromatic heterocycles. The minimum atomic E-state index is -0.351. The van der Waals surface area contributed by atoms with Crippen LogP contribution in [0.15, 0.2) is 0 Å². The predicted octanol–water partition coefficient (Wildman–Crippen LogP) is 0.267. The molecule has 4 N–H and O–H groups in total. The minimum absolute atomic E-state index is 0.350. The molecule has 0 bridgehead atoms. The SMILES string of the molecule is CC(C)(N)CN(C(N)=O)C1CC1. The summed E-state index contributed by atoms with van der Waals surface area (Å²) in [5.41, 5.74) is 10.7. The minimum Gasteiger partial charge on any atom is -0.351 e. The standard InChI is InChI=1S/C8H17N3O/c1-8(2,10)5-11(7(9)12)6-3-4-6/h6H,3-5,10H2,1-2H3,(H2,9,12). The molecule has 0 radical (unpaired) electrons. The van der Waals surface area contributed by atoms with Crippen molar-refractivity contribution in [3.8, 4) is 0 Å². The Labute approximate surface area is 72.9 Å². The number of primary amides is 1. The summed E-state index contributed by atoms with van der Waals surface area (Å²) < 4.78 is 0. The van der Waals surface area contributed by atoms with Crippen LogP contribution in [0.1, 0.15) is 26.7 Å². The van der Waals surface area contributed by atoms with Gasteiger partial charge in [0.25, 0.3) is 0 Å². The highest BCUT2D eigenvalue weighted by Crippen LogP contribution is 2.27. The summed E-state index contributed by atoms with van der Waals surface area (Å²) in [6.45, 7) is 4.34. The maximum atomic E-state index is 11.0. The van der Waals surface area contributed by atoms with Gasteiger partial charge in [-0.05, 0) is 26.7 Å². The Bertz CT molecular complexity index is 181. The first kappa shape index (κ1) is 9.32. The fourth-order valence-electron chi connectivity index (χ4n) is 1.21. The highest BCUT2D eigenvalue weighted by atomic mass is 16.2. The van der Waals surface area contributed by atoms with E-state index >= 15 is 0 Å². The van der Waals surface area contributed by atoms with E-state index in [-0.39, 0.29) is 11.6 Å². The molecule has 0 aliphatic heterocycles. The van der Waals surface area contributed by atoms with Gasteiger partial charge in [-0.3, -0.25) is 0 Å². The molecule has 4 heteroatoms. The van der Waals surface area contributed by atoms with E-state index in [1.165, 1.54) is 0 Å². The van der Waals surface area contributed by atoms with Crippen molar-refractivity contribution in [2.45, 2.75) is 38.3 Å². The molecule has 1 saturated carbocycles. The Morgan fingerprint density at radius 3 is 2.33 bits per heavy atom. The van der Waals surface area contributed by atoms with Crippen molar-refractivity contribution in [2.24, 2.45) is 11.5 Å². The molecule has 1 rings (SSSR count). The van der Waals surface area contributed by atoms with Crippen LogP contribution in [0.25, 0.3) is 0 Å². The van der Waals surface area contributed by atoms with E-state index in [4.69, 9.17) is 11.5 Å². The second-order valence-electron chi connectivity index (χ2n) is 4.19. The summed E-state index contributed by atoms with van der Waals surface area (Å²) in [7, 11) is 0. The van der Waals surface area contributed by atoms with Gasteiger partial charge < -0.3 is 16.4 Å². The average molecular weight is 171 g/mol. The van der Waals surface area contributed by atoms with Crippen LogP contribution in [0, 0.1) is 0 Å². The van der Waals surface area contributed by atoms with Gasteiger partial charge in [-0.15, -0.1) is 0 Å². The Morgan fingerprint density at radius 2 is 2.08 bits per heavy atom. The van der Waals surface area contributed by atoms with Crippen molar-refractivity contribution in [3.63, 3.8) is 0 Å². The molecule has 2 amide bonds. The smallest absolute Gasteiger partial charge is 0.315 e. The van der Waals surface area contributed by atoms with Crippen molar-refractivity contribution >= 4 is 6.03 Å². The molecule has 1 aliphatic carbocycles. The van der Waals surface area contributed by atoms with Crippen molar-refractivity contribution in [3.05, 3.63) is 0 Å². The lowest BCUT2D eigenvalue weighted by atomic mass is 10.1. The quantitative estimate of drug-likeness (QED) is 0.639. The summed E-state index contributed by atoms with van der Waals surface area (Å²) >= 11 is 0. The Kier molecular flexibility index (Phi) is 2.28. The van der Waals surface area contributed by atoms with Crippen LogP contribution in [0.4, 0.5) is 4.79 Å². The first-order chi connectivity index (χ1) is 5.40. The topological polar surface area (TPSA) is 72.3 Å². The third-order valence-electron chi connectivity index (χ3n) is 1.85. The number of hydrogen-bond acceptors (Lipinski definition) is 2. The van der Waals surface area contributed by atoms with E-state index in [1.807, 2.05) is 13.8 Å². The summed E-state index contributed by atoms with van der Waals surface area (Å²) in [5, 5.41) is 0. The lowest BCUT2D eigenvalue weighted by molar-refractivity contribution is 0.191. The van der Waals surface area contributed by atoms with Gasteiger partial charge in [0.1, 0.15) is 0 Å². The average Bonchev–Trinajstić information content (AvgIpc) is 2.61. The molecule has 4 nitrogen and oxygen atoms in total. The van der Waals surface area contributed by atoms with Crippen LogP contribution in [0.2, 0.25) is 0 Å². The van der Waals surface area contributed by atoms with Gasteiger partial charge in [-0.2, -0.15) is 0 Å². The van der Waals surface area contributed by atoms with Gasteiger partial charge >= 0.3 is 6.03 Å². The lowest BCUT2D eigenvalue weighted by Gasteiger charge is -2.28. The van der Waals surface area contributed by atoms with Crippen molar-refractivity contribution in [1.29, 1.82) is 0 Å². The maximum Gasteiger partial charge on any atom is 0.315 e. The van der Waals surface area contributed by atoms with E-state index in [0.717, 1.165) is 12.8 Å².